The third-order valence-corrected chi connectivity index (χ3v) is 5.38. The van der Waals surface area contributed by atoms with E-state index in [1.807, 2.05) is 6.92 Å². The molecule has 0 saturated carbocycles. The fourth-order valence-electron chi connectivity index (χ4n) is 2.87. The highest BCUT2D eigenvalue weighted by atomic mass is 79.9. The number of aromatic hydroxyl groups is 1. The molecule has 0 radical (unpaired) electrons. The Balaban J connectivity index is 2.53. The van der Waals surface area contributed by atoms with Gasteiger partial charge in [-0.2, -0.15) is 0 Å². The molecule has 0 amide bonds. The van der Waals surface area contributed by atoms with Crippen molar-refractivity contribution >= 4 is 33.7 Å². The standard InChI is InChI=1S/C20H21BrO8/c1-5-6-28-13-8-12(22)7-9(2)20(13,27)19(26)29-17-11(4)10(3)14(18(24)25)16(23)15(17)21/h7-8,23,27H,5-6H2,1-4H3,(H,24,25)/t20-/m1/s1. The fraction of sp³-hybridized carbons (Fsp3) is 0.350. The first-order chi connectivity index (χ1) is 13.5. The van der Waals surface area contributed by atoms with Crippen LogP contribution in [-0.4, -0.2) is 45.2 Å². The van der Waals surface area contributed by atoms with Gasteiger partial charge in [0.25, 0.3) is 0 Å². The lowest BCUT2D eigenvalue weighted by Gasteiger charge is -2.31. The first-order valence-electron chi connectivity index (χ1n) is 8.74. The second kappa shape index (κ2) is 8.38. The van der Waals surface area contributed by atoms with Crippen molar-refractivity contribution in [3.63, 3.8) is 0 Å². The summed E-state index contributed by atoms with van der Waals surface area (Å²) in [6, 6.07) is 0. The van der Waals surface area contributed by atoms with Gasteiger partial charge >= 0.3 is 11.9 Å². The zero-order valence-corrected chi connectivity index (χ0v) is 17.9. The molecule has 0 bridgehead atoms. The molecule has 1 aliphatic carbocycles. The van der Waals surface area contributed by atoms with E-state index in [2.05, 4.69) is 15.9 Å². The molecule has 0 unspecified atom stereocenters. The Morgan fingerprint density at radius 3 is 2.34 bits per heavy atom. The minimum atomic E-state index is -2.34. The fourth-order valence-corrected chi connectivity index (χ4v) is 3.45. The highest BCUT2D eigenvalue weighted by Gasteiger charge is 2.48. The van der Waals surface area contributed by atoms with Crippen molar-refractivity contribution in [2.75, 3.05) is 6.61 Å². The quantitative estimate of drug-likeness (QED) is 0.428. The van der Waals surface area contributed by atoms with Gasteiger partial charge in [0.1, 0.15) is 21.5 Å². The predicted molar refractivity (Wildman–Crippen MR) is 106 cm³/mol. The molecule has 8 nitrogen and oxygen atoms in total. The molecule has 0 fully saturated rings. The average Bonchev–Trinajstić information content (AvgIpc) is 2.64. The number of halogens is 1. The van der Waals surface area contributed by atoms with E-state index in [1.54, 1.807) is 0 Å². The molecule has 29 heavy (non-hydrogen) atoms. The van der Waals surface area contributed by atoms with Crippen LogP contribution in [0.3, 0.4) is 0 Å². The number of benzene rings is 1. The maximum Gasteiger partial charge on any atom is 0.356 e. The molecule has 1 aliphatic rings. The van der Waals surface area contributed by atoms with E-state index in [0.29, 0.717) is 6.42 Å². The van der Waals surface area contributed by atoms with Crippen molar-refractivity contribution < 1.29 is 39.2 Å². The van der Waals surface area contributed by atoms with Crippen LogP contribution in [0.5, 0.6) is 11.5 Å². The SMILES string of the molecule is CCCOC1=CC(=O)C=C(C)[C@]1(O)C(=O)Oc1c(C)c(C)c(C(=O)O)c(O)c1Br. The lowest BCUT2D eigenvalue weighted by atomic mass is 9.87. The number of hydrogen-bond acceptors (Lipinski definition) is 7. The number of carboxylic acids is 1. The largest absolute Gasteiger partial charge is 0.506 e. The molecule has 0 aromatic heterocycles. The van der Waals surface area contributed by atoms with Gasteiger partial charge in [-0.05, 0) is 65.9 Å². The Labute approximate surface area is 175 Å². The van der Waals surface area contributed by atoms with Gasteiger partial charge in [0, 0.05) is 6.08 Å². The number of rotatable bonds is 6. The van der Waals surface area contributed by atoms with Gasteiger partial charge in [-0.15, -0.1) is 0 Å². The molecule has 1 atom stereocenters. The number of carbonyl (C=O) groups is 3. The lowest BCUT2D eigenvalue weighted by Crippen LogP contribution is -2.47. The minimum Gasteiger partial charge on any atom is -0.506 e. The third kappa shape index (κ3) is 3.92. The summed E-state index contributed by atoms with van der Waals surface area (Å²) in [7, 11) is 0. The van der Waals surface area contributed by atoms with E-state index in [4.69, 9.17) is 9.47 Å². The number of ketones is 1. The van der Waals surface area contributed by atoms with Gasteiger partial charge in [0.2, 0.25) is 5.60 Å². The number of allylic oxidation sites excluding steroid dienone is 2. The van der Waals surface area contributed by atoms with E-state index >= 15 is 0 Å². The van der Waals surface area contributed by atoms with Crippen LogP contribution < -0.4 is 4.74 Å². The van der Waals surface area contributed by atoms with E-state index in [-0.39, 0.29) is 44.9 Å². The van der Waals surface area contributed by atoms with Crippen molar-refractivity contribution in [1.29, 1.82) is 0 Å². The van der Waals surface area contributed by atoms with Gasteiger partial charge < -0.3 is 24.8 Å². The second-order valence-electron chi connectivity index (χ2n) is 6.61. The number of carboxylic acid groups (broad SMARTS) is 1. The summed E-state index contributed by atoms with van der Waals surface area (Å²) >= 11 is 3.05. The van der Waals surface area contributed by atoms with Crippen LogP contribution >= 0.6 is 15.9 Å². The van der Waals surface area contributed by atoms with Crippen LogP contribution in [0.4, 0.5) is 0 Å². The summed E-state index contributed by atoms with van der Waals surface area (Å²) in [5, 5.41) is 30.6. The smallest absolute Gasteiger partial charge is 0.356 e. The molecular formula is C20H21BrO8. The number of phenols is 1. The molecule has 1 aromatic carbocycles. The van der Waals surface area contributed by atoms with Gasteiger partial charge in [0.05, 0.1) is 6.61 Å². The summed E-state index contributed by atoms with van der Waals surface area (Å²) < 4.78 is 10.6. The number of esters is 1. The molecular weight excluding hydrogens is 448 g/mol. The van der Waals surface area contributed by atoms with E-state index in [1.165, 1.54) is 20.8 Å². The zero-order valence-electron chi connectivity index (χ0n) is 16.3. The average molecular weight is 469 g/mol. The first-order valence-corrected chi connectivity index (χ1v) is 9.53. The van der Waals surface area contributed by atoms with Gasteiger partial charge in [-0.1, -0.05) is 6.92 Å². The topological polar surface area (TPSA) is 130 Å². The summed E-state index contributed by atoms with van der Waals surface area (Å²) in [5.41, 5.74) is -2.20. The van der Waals surface area contributed by atoms with Crippen molar-refractivity contribution in [3.05, 3.63) is 44.6 Å². The maximum atomic E-state index is 13.0. The van der Waals surface area contributed by atoms with Gasteiger partial charge in [-0.25, -0.2) is 9.59 Å². The van der Waals surface area contributed by atoms with Crippen molar-refractivity contribution in [3.8, 4) is 11.5 Å². The van der Waals surface area contributed by atoms with Crippen molar-refractivity contribution in [2.24, 2.45) is 0 Å². The number of hydrogen-bond donors (Lipinski definition) is 3. The molecule has 9 heteroatoms. The first kappa shape index (κ1) is 22.6. The summed E-state index contributed by atoms with van der Waals surface area (Å²) in [6.45, 7) is 6.34. The Hall–Kier alpha value is -2.65. The molecule has 0 aliphatic heterocycles. The summed E-state index contributed by atoms with van der Waals surface area (Å²) in [6.07, 6.45) is 2.69. The Kier molecular flexibility index (Phi) is 6.54. The summed E-state index contributed by atoms with van der Waals surface area (Å²) in [5.74, 6) is -3.97. The molecule has 0 spiro atoms. The number of aliphatic hydroxyl groups is 1. The summed E-state index contributed by atoms with van der Waals surface area (Å²) in [4.78, 5) is 36.2. The van der Waals surface area contributed by atoms with Gasteiger partial charge in [0.15, 0.2) is 11.5 Å². The predicted octanol–water partition coefficient (Wildman–Crippen LogP) is 2.95. The Morgan fingerprint density at radius 2 is 1.79 bits per heavy atom. The van der Waals surface area contributed by atoms with Crippen LogP contribution in [0.25, 0.3) is 0 Å². The maximum absolute atomic E-state index is 13.0. The molecule has 156 valence electrons. The molecule has 0 saturated heterocycles. The van der Waals surface area contributed by atoms with E-state index in [9.17, 15) is 29.7 Å². The number of carbonyl (C=O) groups excluding carboxylic acids is 2. The Bertz CT molecular complexity index is 931. The van der Waals surface area contributed by atoms with Gasteiger partial charge in [-0.3, -0.25) is 4.79 Å². The minimum absolute atomic E-state index is 0.0120. The monoisotopic (exact) mass is 468 g/mol. The van der Waals surface area contributed by atoms with E-state index < -0.39 is 29.1 Å². The highest BCUT2D eigenvalue weighted by molar-refractivity contribution is 9.10. The zero-order chi connectivity index (χ0) is 22.1. The van der Waals surface area contributed by atoms with Crippen molar-refractivity contribution in [2.45, 2.75) is 39.7 Å². The molecule has 2 rings (SSSR count). The Morgan fingerprint density at radius 1 is 1.17 bits per heavy atom. The van der Waals surface area contributed by atoms with Crippen LogP contribution in [0.2, 0.25) is 0 Å². The van der Waals surface area contributed by atoms with Crippen LogP contribution in [0, 0.1) is 13.8 Å². The number of ether oxygens (including phenoxy) is 2. The highest BCUT2D eigenvalue weighted by Crippen LogP contribution is 2.43. The van der Waals surface area contributed by atoms with Crippen LogP contribution in [0.1, 0.15) is 41.8 Å². The third-order valence-electron chi connectivity index (χ3n) is 4.65. The van der Waals surface area contributed by atoms with E-state index in [0.717, 1.165) is 12.2 Å². The molecule has 0 heterocycles. The molecule has 3 N–H and O–H groups in total. The lowest BCUT2D eigenvalue weighted by molar-refractivity contribution is -0.151. The second-order valence-corrected chi connectivity index (χ2v) is 7.40. The van der Waals surface area contributed by atoms with Crippen LogP contribution in [-0.2, 0) is 14.3 Å². The molecule has 1 aromatic rings. The number of aromatic carboxylic acids is 1. The van der Waals surface area contributed by atoms with Crippen molar-refractivity contribution in [1.82, 2.24) is 0 Å². The normalized spacial score (nSPS) is 18.8. The van der Waals surface area contributed by atoms with Crippen LogP contribution in [0.15, 0.2) is 28.0 Å².